The molecule has 1 aromatic carbocycles. The summed E-state index contributed by atoms with van der Waals surface area (Å²) in [6.07, 6.45) is 0. The third-order valence-corrected chi connectivity index (χ3v) is 2.74. The molecule has 0 heterocycles. The van der Waals surface area contributed by atoms with Crippen molar-refractivity contribution in [3.8, 4) is 0 Å². The van der Waals surface area contributed by atoms with Crippen LogP contribution in [0.4, 0.5) is 10.1 Å². The van der Waals surface area contributed by atoms with Gasteiger partial charge in [0.1, 0.15) is 10.8 Å². The van der Waals surface area contributed by atoms with E-state index < -0.39 is 11.7 Å². The van der Waals surface area contributed by atoms with Crippen molar-refractivity contribution in [2.45, 2.75) is 13.8 Å². The maximum atomic E-state index is 14.1. The summed E-state index contributed by atoms with van der Waals surface area (Å²) in [7, 11) is 0. The van der Waals surface area contributed by atoms with E-state index >= 15 is 0 Å². The molecule has 0 bridgehead atoms. The number of benzene rings is 1. The van der Waals surface area contributed by atoms with Crippen LogP contribution in [0.2, 0.25) is 0 Å². The number of halogens is 1. The van der Waals surface area contributed by atoms with Crippen molar-refractivity contribution >= 4 is 28.8 Å². The summed E-state index contributed by atoms with van der Waals surface area (Å²) < 4.78 is 14.1. The Kier molecular flexibility index (Phi) is 5.23. The number of amides is 1. The molecule has 0 aliphatic rings. The molecule has 6 heteroatoms. The number of nitrogens with two attached hydrogens (primary N) is 2. The molecule has 0 unspecified atom stereocenters. The number of carbonyl (C=O) groups excluding carboxylic acids is 1. The first kappa shape index (κ1) is 15.4. The monoisotopic (exact) mass is 283 g/mol. The van der Waals surface area contributed by atoms with Crippen molar-refractivity contribution < 1.29 is 9.18 Å². The Morgan fingerprint density at radius 2 is 2.05 bits per heavy atom. The highest BCUT2D eigenvalue weighted by Crippen LogP contribution is 2.21. The van der Waals surface area contributed by atoms with Crippen molar-refractivity contribution in [3.05, 3.63) is 29.6 Å². The van der Waals surface area contributed by atoms with Crippen LogP contribution >= 0.6 is 12.2 Å². The Bertz CT molecular complexity index is 491. The van der Waals surface area contributed by atoms with Crippen LogP contribution in [-0.2, 0) is 4.79 Å². The summed E-state index contributed by atoms with van der Waals surface area (Å²) in [6.45, 7) is 4.47. The normalized spacial score (nSPS) is 10.5. The lowest BCUT2D eigenvalue weighted by Gasteiger charge is -2.25. The van der Waals surface area contributed by atoms with Gasteiger partial charge in [0.25, 0.3) is 0 Å². The van der Waals surface area contributed by atoms with E-state index in [1.54, 1.807) is 17.0 Å². The highest BCUT2D eigenvalue weighted by atomic mass is 32.1. The lowest BCUT2D eigenvalue weighted by Crippen LogP contribution is -2.36. The summed E-state index contributed by atoms with van der Waals surface area (Å²) in [5.74, 6) is -0.695. The van der Waals surface area contributed by atoms with Gasteiger partial charge in [-0.15, -0.1) is 0 Å². The van der Waals surface area contributed by atoms with Crippen molar-refractivity contribution in [2.24, 2.45) is 17.4 Å². The van der Waals surface area contributed by atoms with Crippen LogP contribution in [0, 0.1) is 11.7 Å². The average Bonchev–Trinajstić information content (AvgIpc) is 2.26. The number of thiocarbonyl (C=S) groups is 1. The highest BCUT2D eigenvalue weighted by molar-refractivity contribution is 7.80. The van der Waals surface area contributed by atoms with E-state index in [0.717, 1.165) is 0 Å². The van der Waals surface area contributed by atoms with Gasteiger partial charge in [-0.1, -0.05) is 26.1 Å². The number of carbonyl (C=O) groups is 1. The van der Waals surface area contributed by atoms with E-state index in [1.165, 1.54) is 6.07 Å². The van der Waals surface area contributed by atoms with Gasteiger partial charge in [0.15, 0.2) is 0 Å². The minimum absolute atomic E-state index is 0.0263. The molecular weight excluding hydrogens is 265 g/mol. The molecule has 0 aliphatic carbocycles. The number of anilines is 1. The van der Waals surface area contributed by atoms with Crippen LogP contribution in [0.5, 0.6) is 0 Å². The van der Waals surface area contributed by atoms with Crippen molar-refractivity contribution in [2.75, 3.05) is 18.0 Å². The van der Waals surface area contributed by atoms with Gasteiger partial charge in [-0.3, -0.25) is 4.79 Å². The minimum atomic E-state index is -0.501. The third-order valence-electron chi connectivity index (χ3n) is 2.51. The standard InChI is InChI=1S/C13H18FN3OS/c1-8(2)6-17(7-12(15)18)11-4-3-9(13(16)19)5-10(11)14/h3-5,8H,6-7H2,1-2H3,(H2,15,18)(H2,16,19). The van der Waals surface area contributed by atoms with Gasteiger partial charge in [-0.25, -0.2) is 4.39 Å². The van der Waals surface area contributed by atoms with Crippen molar-refractivity contribution in [1.82, 2.24) is 0 Å². The van der Waals surface area contributed by atoms with Crippen LogP contribution in [0.25, 0.3) is 0 Å². The van der Waals surface area contributed by atoms with E-state index in [1.807, 2.05) is 13.8 Å². The topological polar surface area (TPSA) is 72.3 Å². The number of hydrogen-bond acceptors (Lipinski definition) is 3. The average molecular weight is 283 g/mol. The summed E-state index contributed by atoms with van der Waals surface area (Å²) in [5.41, 5.74) is 11.4. The Morgan fingerprint density at radius 3 is 2.47 bits per heavy atom. The fourth-order valence-corrected chi connectivity index (χ4v) is 1.92. The van der Waals surface area contributed by atoms with E-state index in [9.17, 15) is 9.18 Å². The number of rotatable bonds is 6. The molecule has 0 atom stereocenters. The number of primary amides is 1. The molecule has 0 saturated carbocycles. The second-order valence-electron chi connectivity index (χ2n) is 4.77. The van der Waals surface area contributed by atoms with Gasteiger partial charge in [-0.2, -0.15) is 0 Å². The first-order valence-electron chi connectivity index (χ1n) is 5.94. The quantitative estimate of drug-likeness (QED) is 0.774. The van der Waals surface area contributed by atoms with E-state index in [-0.39, 0.29) is 17.5 Å². The van der Waals surface area contributed by atoms with Crippen LogP contribution in [-0.4, -0.2) is 24.0 Å². The van der Waals surface area contributed by atoms with Gasteiger partial charge in [0.2, 0.25) is 5.91 Å². The molecule has 4 N–H and O–H groups in total. The predicted molar refractivity (Wildman–Crippen MR) is 78.5 cm³/mol. The van der Waals surface area contributed by atoms with Gasteiger partial charge in [-0.05, 0) is 24.1 Å². The molecule has 0 saturated heterocycles. The van der Waals surface area contributed by atoms with Gasteiger partial charge < -0.3 is 16.4 Å². The molecule has 0 aliphatic heterocycles. The zero-order valence-corrected chi connectivity index (χ0v) is 11.8. The summed E-state index contributed by atoms with van der Waals surface area (Å²) in [4.78, 5) is 12.8. The first-order valence-corrected chi connectivity index (χ1v) is 6.34. The first-order chi connectivity index (χ1) is 8.81. The zero-order chi connectivity index (χ0) is 14.6. The van der Waals surface area contributed by atoms with E-state index in [4.69, 9.17) is 23.7 Å². The molecule has 1 aromatic rings. The molecule has 1 rings (SSSR count). The summed E-state index contributed by atoms with van der Waals surface area (Å²) in [6, 6.07) is 4.47. The second-order valence-corrected chi connectivity index (χ2v) is 5.21. The van der Waals surface area contributed by atoms with Crippen LogP contribution in [0.1, 0.15) is 19.4 Å². The lowest BCUT2D eigenvalue weighted by atomic mass is 10.1. The summed E-state index contributed by atoms with van der Waals surface area (Å²) in [5, 5.41) is 0. The second kappa shape index (κ2) is 6.47. The SMILES string of the molecule is CC(C)CN(CC(N)=O)c1ccc(C(N)=S)cc1F. The molecular formula is C13H18FN3OS. The van der Waals surface area contributed by atoms with Gasteiger partial charge in [0.05, 0.1) is 12.2 Å². The van der Waals surface area contributed by atoms with E-state index in [2.05, 4.69) is 0 Å². The molecule has 0 aromatic heterocycles. The van der Waals surface area contributed by atoms with Crippen molar-refractivity contribution in [3.63, 3.8) is 0 Å². The van der Waals surface area contributed by atoms with Gasteiger partial charge >= 0.3 is 0 Å². The maximum absolute atomic E-state index is 14.1. The molecule has 0 fully saturated rings. The Morgan fingerprint density at radius 1 is 1.42 bits per heavy atom. The number of hydrogen-bond donors (Lipinski definition) is 2. The molecule has 4 nitrogen and oxygen atoms in total. The molecule has 19 heavy (non-hydrogen) atoms. The Balaban J connectivity index is 3.07. The molecule has 0 spiro atoms. The van der Waals surface area contributed by atoms with Crippen LogP contribution in [0.3, 0.4) is 0 Å². The minimum Gasteiger partial charge on any atom is -0.389 e. The summed E-state index contributed by atoms with van der Waals surface area (Å²) >= 11 is 4.79. The third kappa shape index (κ3) is 4.48. The van der Waals surface area contributed by atoms with Crippen LogP contribution < -0.4 is 16.4 Å². The fourth-order valence-electron chi connectivity index (χ4n) is 1.79. The van der Waals surface area contributed by atoms with E-state index in [0.29, 0.717) is 17.8 Å². The Labute approximate surface area is 117 Å². The zero-order valence-electron chi connectivity index (χ0n) is 11.0. The molecule has 1 amide bonds. The maximum Gasteiger partial charge on any atom is 0.236 e. The largest absolute Gasteiger partial charge is 0.389 e. The van der Waals surface area contributed by atoms with Crippen molar-refractivity contribution in [1.29, 1.82) is 0 Å². The lowest BCUT2D eigenvalue weighted by molar-refractivity contribution is -0.116. The highest BCUT2D eigenvalue weighted by Gasteiger charge is 2.16. The molecule has 0 radical (unpaired) electrons. The smallest absolute Gasteiger partial charge is 0.236 e. The predicted octanol–water partition coefficient (Wildman–Crippen LogP) is 1.41. The Hall–Kier alpha value is -1.69. The number of nitrogens with zero attached hydrogens (tertiary/aromatic N) is 1. The van der Waals surface area contributed by atoms with Crippen LogP contribution in [0.15, 0.2) is 18.2 Å². The van der Waals surface area contributed by atoms with Gasteiger partial charge in [0, 0.05) is 12.1 Å². The molecule has 104 valence electrons. The fraction of sp³-hybridized carbons (Fsp3) is 0.385.